The fourth-order valence-corrected chi connectivity index (χ4v) is 5.89. The quantitative estimate of drug-likeness (QED) is 0.665. The van der Waals surface area contributed by atoms with Gasteiger partial charge in [0.2, 0.25) is 5.91 Å². The molecule has 0 spiro atoms. The van der Waals surface area contributed by atoms with Gasteiger partial charge in [0.25, 0.3) is 0 Å². The summed E-state index contributed by atoms with van der Waals surface area (Å²) in [6, 6.07) is 0. The van der Waals surface area contributed by atoms with Crippen molar-refractivity contribution in [3.8, 4) is 0 Å². The van der Waals surface area contributed by atoms with Gasteiger partial charge >= 0.3 is 5.97 Å². The van der Waals surface area contributed by atoms with Crippen molar-refractivity contribution in [1.29, 1.82) is 0 Å². The topological polar surface area (TPSA) is 55.4 Å². The van der Waals surface area contributed by atoms with Crippen molar-refractivity contribution < 1.29 is 14.3 Å². The van der Waals surface area contributed by atoms with Crippen LogP contribution >= 0.6 is 11.3 Å². The van der Waals surface area contributed by atoms with E-state index in [1.807, 2.05) is 0 Å². The summed E-state index contributed by atoms with van der Waals surface area (Å²) in [6.07, 6.45) is 9.53. The summed E-state index contributed by atoms with van der Waals surface area (Å²) in [4.78, 5) is 26.2. The minimum Gasteiger partial charge on any atom is -0.465 e. The molecule has 0 radical (unpaired) electrons. The minimum absolute atomic E-state index is 0.0259. The number of nitrogens with one attached hydrogen (secondary N) is 1. The molecule has 0 aromatic carbocycles. The second kappa shape index (κ2) is 8.34. The molecule has 2 aliphatic carbocycles. The third kappa shape index (κ3) is 4.74. The predicted octanol–water partition coefficient (Wildman–Crippen LogP) is 5.59. The standard InChI is InChI=1S/C22H33NO3S/c1-22(2,3)15-10-11-16-17(13-15)27-20(19(16)21(25)26-4)23-18(24)12-9-14-7-5-6-8-14/h14-15H,5-13H2,1-4H3,(H,23,24)/t15-/m0/s1. The molecule has 4 nitrogen and oxygen atoms in total. The van der Waals surface area contributed by atoms with Crippen LogP contribution in [0.15, 0.2) is 0 Å². The Hall–Kier alpha value is -1.36. The first-order valence-corrected chi connectivity index (χ1v) is 11.1. The minimum atomic E-state index is -0.326. The van der Waals surface area contributed by atoms with Gasteiger partial charge in [0.15, 0.2) is 0 Å². The number of thiophene rings is 1. The molecule has 150 valence electrons. The number of anilines is 1. The van der Waals surface area contributed by atoms with Crippen LogP contribution in [0, 0.1) is 17.3 Å². The molecule has 3 rings (SSSR count). The van der Waals surface area contributed by atoms with Gasteiger partial charge in [-0.05, 0) is 48.5 Å². The number of esters is 1. The highest BCUT2D eigenvalue weighted by atomic mass is 32.1. The molecule has 1 atom stereocenters. The number of fused-ring (bicyclic) bond motifs is 1. The lowest BCUT2D eigenvalue weighted by Crippen LogP contribution is -2.26. The Morgan fingerprint density at radius 2 is 1.89 bits per heavy atom. The molecule has 1 aromatic rings. The van der Waals surface area contributed by atoms with Crippen molar-refractivity contribution in [3.63, 3.8) is 0 Å². The number of carbonyl (C=O) groups excluding carboxylic acids is 2. The van der Waals surface area contributed by atoms with Crippen molar-refractivity contribution >= 4 is 28.2 Å². The molecular weight excluding hydrogens is 358 g/mol. The van der Waals surface area contributed by atoms with E-state index in [0.29, 0.717) is 28.8 Å². The number of carbonyl (C=O) groups is 2. The average molecular weight is 392 g/mol. The summed E-state index contributed by atoms with van der Waals surface area (Å²) in [5.74, 6) is 0.991. The second-order valence-corrected chi connectivity index (χ2v) is 10.3. The molecule has 1 amide bonds. The Bertz CT molecular complexity index is 695. The Morgan fingerprint density at radius 1 is 1.19 bits per heavy atom. The second-order valence-electron chi connectivity index (χ2n) is 9.24. The van der Waals surface area contributed by atoms with Gasteiger partial charge in [-0.25, -0.2) is 4.79 Å². The summed E-state index contributed by atoms with van der Waals surface area (Å²) >= 11 is 1.58. The fourth-order valence-electron chi connectivity index (χ4n) is 4.55. The van der Waals surface area contributed by atoms with E-state index >= 15 is 0 Å². The maximum atomic E-state index is 12.5. The molecular formula is C22H33NO3S. The van der Waals surface area contributed by atoms with Crippen LogP contribution in [0.2, 0.25) is 0 Å². The number of rotatable bonds is 5. The van der Waals surface area contributed by atoms with E-state index in [1.54, 1.807) is 11.3 Å². The van der Waals surface area contributed by atoms with Crippen molar-refractivity contribution in [2.45, 2.75) is 78.6 Å². The van der Waals surface area contributed by atoms with Crippen LogP contribution in [0.3, 0.4) is 0 Å². The fraction of sp³-hybridized carbons (Fsp3) is 0.727. The van der Waals surface area contributed by atoms with Gasteiger partial charge in [0.1, 0.15) is 5.00 Å². The lowest BCUT2D eigenvalue weighted by molar-refractivity contribution is -0.116. The van der Waals surface area contributed by atoms with Gasteiger partial charge < -0.3 is 10.1 Å². The number of hydrogen-bond acceptors (Lipinski definition) is 4. The molecule has 1 heterocycles. The van der Waals surface area contributed by atoms with Gasteiger partial charge in [0.05, 0.1) is 12.7 Å². The zero-order valence-electron chi connectivity index (χ0n) is 17.2. The van der Waals surface area contributed by atoms with Crippen LogP contribution in [0.4, 0.5) is 5.00 Å². The first kappa shape index (κ1) is 20.4. The van der Waals surface area contributed by atoms with Crippen LogP contribution in [-0.2, 0) is 22.4 Å². The third-order valence-corrected chi connectivity index (χ3v) is 7.56. The molecule has 1 aromatic heterocycles. The summed E-state index contributed by atoms with van der Waals surface area (Å²) in [7, 11) is 1.42. The highest BCUT2D eigenvalue weighted by Gasteiger charge is 2.34. The molecule has 1 N–H and O–H groups in total. The van der Waals surface area contributed by atoms with Gasteiger partial charge in [-0.3, -0.25) is 4.79 Å². The summed E-state index contributed by atoms with van der Waals surface area (Å²) in [6.45, 7) is 6.84. The highest BCUT2D eigenvalue weighted by molar-refractivity contribution is 7.17. The Balaban J connectivity index is 1.75. The normalized spacial score (nSPS) is 20.4. The first-order chi connectivity index (χ1) is 12.8. The molecule has 27 heavy (non-hydrogen) atoms. The van der Waals surface area contributed by atoms with Crippen LogP contribution in [-0.4, -0.2) is 19.0 Å². The number of methoxy groups -OCH3 is 1. The zero-order valence-corrected chi connectivity index (χ0v) is 18.0. The van der Waals surface area contributed by atoms with Crippen LogP contribution < -0.4 is 5.32 Å². The Kier molecular flexibility index (Phi) is 6.29. The van der Waals surface area contributed by atoms with Crippen molar-refractivity contribution in [2.24, 2.45) is 17.3 Å². The van der Waals surface area contributed by atoms with E-state index in [4.69, 9.17) is 4.74 Å². The van der Waals surface area contributed by atoms with Gasteiger partial charge in [0, 0.05) is 11.3 Å². The van der Waals surface area contributed by atoms with Crippen LogP contribution in [0.25, 0.3) is 0 Å². The maximum Gasteiger partial charge on any atom is 0.341 e. The molecule has 5 heteroatoms. The maximum absolute atomic E-state index is 12.5. The molecule has 0 unspecified atom stereocenters. The molecule has 1 saturated carbocycles. The van der Waals surface area contributed by atoms with Gasteiger partial charge in [-0.2, -0.15) is 0 Å². The van der Waals surface area contributed by atoms with E-state index in [0.717, 1.165) is 31.2 Å². The van der Waals surface area contributed by atoms with Gasteiger partial charge in [-0.15, -0.1) is 11.3 Å². The Morgan fingerprint density at radius 3 is 2.52 bits per heavy atom. The summed E-state index contributed by atoms with van der Waals surface area (Å²) in [5, 5.41) is 3.73. The van der Waals surface area contributed by atoms with Crippen molar-refractivity contribution in [2.75, 3.05) is 12.4 Å². The predicted molar refractivity (Wildman–Crippen MR) is 110 cm³/mol. The zero-order chi connectivity index (χ0) is 19.6. The molecule has 0 aliphatic heterocycles. The van der Waals surface area contributed by atoms with Crippen LogP contribution in [0.5, 0.6) is 0 Å². The molecule has 1 fully saturated rings. The lowest BCUT2D eigenvalue weighted by atomic mass is 9.72. The largest absolute Gasteiger partial charge is 0.465 e. The van der Waals surface area contributed by atoms with Crippen LogP contribution in [0.1, 0.15) is 86.5 Å². The highest BCUT2D eigenvalue weighted by Crippen LogP contribution is 2.44. The van der Waals surface area contributed by atoms with E-state index < -0.39 is 0 Å². The third-order valence-electron chi connectivity index (χ3n) is 6.39. The SMILES string of the molecule is COC(=O)c1c(NC(=O)CCC2CCCC2)sc2c1CC[C@H](C(C)(C)C)C2. The summed E-state index contributed by atoms with van der Waals surface area (Å²) < 4.78 is 5.03. The number of amides is 1. The lowest BCUT2D eigenvalue weighted by Gasteiger charge is -2.33. The Labute approximate surface area is 167 Å². The molecule has 2 aliphatic rings. The van der Waals surface area contributed by atoms with Gasteiger partial charge in [-0.1, -0.05) is 46.5 Å². The molecule has 0 saturated heterocycles. The number of hydrogen-bond donors (Lipinski definition) is 1. The van der Waals surface area contributed by atoms with E-state index in [9.17, 15) is 9.59 Å². The van der Waals surface area contributed by atoms with E-state index in [-0.39, 0.29) is 17.3 Å². The smallest absolute Gasteiger partial charge is 0.341 e. The number of ether oxygens (including phenoxy) is 1. The molecule has 0 bridgehead atoms. The average Bonchev–Trinajstić information content (AvgIpc) is 3.25. The van der Waals surface area contributed by atoms with E-state index in [1.165, 1.54) is 37.7 Å². The van der Waals surface area contributed by atoms with E-state index in [2.05, 4.69) is 26.1 Å². The summed E-state index contributed by atoms with van der Waals surface area (Å²) in [5.41, 5.74) is 1.94. The van der Waals surface area contributed by atoms with Crippen molar-refractivity contribution in [1.82, 2.24) is 0 Å². The first-order valence-electron chi connectivity index (χ1n) is 10.3. The van der Waals surface area contributed by atoms with Crippen molar-refractivity contribution in [3.05, 3.63) is 16.0 Å². The monoisotopic (exact) mass is 391 g/mol.